The van der Waals surface area contributed by atoms with E-state index < -0.39 is 0 Å². The van der Waals surface area contributed by atoms with E-state index in [9.17, 15) is 5.11 Å². The van der Waals surface area contributed by atoms with Gasteiger partial charge in [0, 0.05) is 31.6 Å². The third kappa shape index (κ3) is 3.15. The average molecular weight is 264 g/mol. The van der Waals surface area contributed by atoms with Crippen LogP contribution in [0.25, 0.3) is 0 Å². The molecule has 1 atom stereocenters. The molecule has 19 heavy (non-hydrogen) atoms. The van der Waals surface area contributed by atoms with Crippen LogP contribution in [0.1, 0.15) is 38.1 Å². The summed E-state index contributed by atoms with van der Waals surface area (Å²) in [7, 11) is 0. The number of aliphatic hydroxyl groups is 1. The van der Waals surface area contributed by atoms with Crippen molar-refractivity contribution < 1.29 is 5.11 Å². The van der Waals surface area contributed by atoms with Gasteiger partial charge in [0.2, 0.25) is 0 Å². The number of aliphatic hydroxyl groups excluding tert-OH is 1. The summed E-state index contributed by atoms with van der Waals surface area (Å²) < 4.78 is 0. The third-order valence-corrected chi connectivity index (χ3v) is 3.52. The van der Waals surface area contributed by atoms with Crippen molar-refractivity contribution >= 4 is 11.6 Å². The molecular formula is C14H24N4O. The van der Waals surface area contributed by atoms with Crippen molar-refractivity contribution in [2.75, 3.05) is 29.9 Å². The van der Waals surface area contributed by atoms with Gasteiger partial charge in [-0.25, -0.2) is 9.97 Å². The first-order chi connectivity index (χ1) is 9.15. The fourth-order valence-electron chi connectivity index (χ4n) is 2.50. The zero-order valence-corrected chi connectivity index (χ0v) is 12.1. The Morgan fingerprint density at radius 1 is 1.37 bits per heavy atom. The number of β-amino-alcohol motifs (C(OH)–C–C–N with tert-alkyl or cyclic N) is 1. The highest BCUT2D eigenvalue weighted by molar-refractivity contribution is 5.59. The van der Waals surface area contributed by atoms with Gasteiger partial charge >= 0.3 is 0 Å². The molecule has 0 spiro atoms. The van der Waals surface area contributed by atoms with E-state index in [1.54, 1.807) is 0 Å². The van der Waals surface area contributed by atoms with E-state index in [1.165, 1.54) is 0 Å². The number of hydrogen-bond donors (Lipinski definition) is 2. The Kier molecular flexibility index (Phi) is 4.58. The van der Waals surface area contributed by atoms with Gasteiger partial charge in [0.1, 0.15) is 17.5 Å². The van der Waals surface area contributed by atoms with Crippen molar-refractivity contribution in [2.24, 2.45) is 0 Å². The van der Waals surface area contributed by atoms with Gasteiger partial charge < -0.3 is 15.3 Å². The number of nitrogens with one attached hydrogen (secondary N) is 1. The van der Waals surface area contributed by atoms with Gasteiger partial charge in [-0.3, -0.25) is 0 Å². The number of anilines is 2. The molecule has 0 aliphatic carbocycles. The molecule has 1 unspecified atom stereocenters. The highest BCUT2D eigenvalue weighted by Gasteiger charge is 2.22. The normalized spacial score (nSPS) is 19.6. The number of hydrogen-bond acceptors (Lipinski definition) is 5. The van der Waals surface area contributed by atoms with Crippen LogP contribution in [0.15, 0.2) is 0 Å². The predicted molar refractivity (Wildman–Crippen MR) is 77.8 cm³/mol. The van der Waals surface area contributed by atoms with Crippen molar-refractivity contribution in [3.8, 4) is 0 Å². The van der Waals surface area contributed by atoms with E-state index >= 15 is 0 Å². The molecule has 0 radical (unpaired) electrons. The molecule has 0 saturated carbocycles. The number of nitrogens with zero attached hydrogens (tertiary/aromatic N) is 3. The SMILES string of the molecule is CCNc1nc(CC)nc(N2CCCC(O)C2)c1C. The maximum atomic E-state index is 9.83. The number of rotatable bonds is 4. The Morgan fingerprint density at radius 3 is 2.79 bits per heavy atom. The molecule has 2 heterocycles. The Hall–Kier alpha value is -1.36. The maximum absolute atomic E-state index is 9.83. The molecule has 1 aliphatic rings. The first-order valence-corrected chi connectivity index (χ1v) is 7.20. The summed E-state index contributed by atoms with van der Waals surface area (Å²) in [5.41, 5.74) is 1.08. The molecule has 0 aromatic carbocycles. The van der Waals surface area contributed by atoms with E-state index in [0.717, 1.165) is 55.4 Å². The van der Waals surface area contributed by atoms with E-state index in [1.807, 2.05) is 6.92 Å². The summed E-state index contributed by atoms with van der Waals surface area (Å²) in [6.07, 6.45) is 2.49. The second-order valence-corrected chi connectivity index (χ2v) is 5.06. The highest BCUT2D eigenvalue weighted by Crippen LogP contribution is 2.26. The number of aromatic nitrogens is 2. The summed E-state index contributed by atoms with van der Waals surface area (Å²) in [6.45, 7) is 8.67. The van der Waals surface area contributed by atoms with Gasteiger partial charge in [-0.2, -0.15) is 0 Å². The van der Waals surface area contributed by atoms with E-state index in [0.29, 0.717) is 6.54 Å². The molecule has 1 aromatic rings. The Morgan fingerprint density at radius 2 is 2.16 bits per heavy atom. The summed E-state index contributed by atoms with van der Waals surface area (Å²) in [6, 6.07) is 0. The molecule has 2 N–H and O–H groups in total. The molecule has 0 amide bonds. The molecule has 106 valence electrons. The van der Waals surface area contributed by atoms with Crippen molar-refractivity contribution in [1.29, 1.82) is 0 Å². The standard InChI is InChI=1S/C14H24N4O/c1-4-12-16-13(15-5-2)10(3)14(17-12)18-8-6-7-11(19)9-18/h11,19H,4-9H2,1-3H3,(H,15,16,17). The average Bonchev–Trinajstić information content (AvgIpc) is 2.41. The second kappa shape index (κ2) is 6.19. The van der Waals surface area contributed by atoms with Crippen molar-refractivity contribution in [1.82, 2.24) is 9.97 Å². The largest absolute Gasteiger partial charge is 0.391 e. The van der Waals surface area contributed by atoms with Crippen LogP contribution in [0, 0.1) is 6.92 Å². The molecular weight excluding hydrogens is 240 g/mol. The first-order valence-electron chi connectivity index (χ1n) is 7.20. The zero-order chi connectivity index (χ0) is 13.8. The van der Waals surface area contributed by atoms with Crippen LogP contribution in [0.5, 0.6) is 0 Å². The summed E-state index contributed by atoms with van der Waals surface area (Å²) in [5, 5.41) is 13.1. The van der Waals surface area contributed by atoms with E-state index in [-0.39, 0.29) is 6.10 Å². The van der Waals surface area contributed by atoms with E-state index in [4.69, 9.17) is 0 Å². The van der Waals surface area contributed by atoms with Gasteiger partial charge in [-0.05, 0) is 26.7 Å². The fourth-order valence-corrected chi connectivity index (χ4v) is 2.50. The van der Waals surface area contributed by atoms with Crippen LogP contribution in [0.3, 0.4) is 0 Å². The Bertz CT molecular complexity index is 436. The van der Waals surface area contributed by atoms with E-state index in [2.05, 4.69) is 34.0 Å². The smallest absolute Gasteiger partial charge is 0.137 e. The summed E-state index contributed by atoms with van der Waals surface area (Å²) in [4.78, 5) is 11.4. The molecule has 1 aliphatic heterocycles. The molecule has 0 bridgehead atoms. The molecule has 5 heteroatoms. The van der Waals surface area contributed by atoms with Gasteiger partial charge in [-0.1, -0.05) is 6.92 Å². The van der Waals surface area contributed by atoms with Crippen molar-refractivity contribution in [3.05, 3.63) is 11.4 Å². The number of aryl methyl sites for hydroxylation is 1. The first kappa shape index (κ1) is 14.1. The Balaban J connectivity index is 2.34. The lowest BCUT2D eigenvalue weighted by Crippen LogP contribution is -2.39. The van der Waals surface area contributed by atoms with Gasteiger partial charge in [0.25, 0.3) is 0 Å². The summed E-state index contributed by atoms with van der Waals surface area (Å²) in [5.74, 6) is 2.75. The second-order valence-electron chi connectivity index (χ2n) is 5.06. The molecule has 2 rings (SSSR count). The lowest BCUT2D eigenvalue weighted by molar-refractivity contribution is 0.154. The lowest BCUT2D eigenvalue weighted by atomic mass is 10.1. The van der Waals surface area contributed by atoms with Crippen LogP contribution in [-0.4, -0.2) is 40.8 Å². The van der Waals surface area contributed by atoms with Crippen LogP contribution < -0.4 is 10.2 Å². The summed E-state index contributed by atoms with van der Waals surface area (Å²) >= 11 is 0. The molecule has 5 nitrogen and oxygen atoms in total. The van der Waals surface area contributed by atoms with Crippen LogP contribution in [0.2, 0.25) is 0 Å². The number of piperidine rings is 1. The van der Waals surface area contributed by atoms with Crippen LogP contribution >= 0.6 is 0 Å². The minimum absolute atomic E-state index is 0.240. The lowest BCUT2D eigenvalue weighted by Gasteiger charge is -2.32. The quantitative estimate of drug-likeness (QED) is 0.867. The van der Waals surface area contributed by atoms with Crippen LogP contribution in [0.4, 0.5) is 11.6 Å². The fraction of sp³-hybridized carbons (Fsp3) is 0.714. The predicted octanol–water partition coefficient (Wildman–Crippen LogP) is 1.74. The molecule has 1 saturated heterocycles. The monoisotopic (exact) mass is 264 g/mol. The molecule has 1 fully saturated rings. The van der Waals surface area contributed by atoms with Crippen molar-refractivity contribution in [2.45, 2.75) is 46.1 Å². The molecule has 1 aromatic heterocycles. The topological polar surface area (TPSA) is 61.3 Å². The van der Waals surface area contributed by atoms with Gasteiger partial charge in [0.05, 0.1) is 6.10 Å². The third-order valence-electron chi connectivity index (χ3n) is 3.52. The highest BCUT2D eigenvalue weighted by atomic mass is 16.3. The van der Waals surface area contributed by atoms with Gasteiger partial charge in [-0.15, -0.1) is 0 Å². The van der Waals surface area contributed by atoms with Gasteiger partial charge in [0.15, 0.2) is 0 Å². The minimum Gasteiger partial charge on any atom is -0.391 e. The zero-order valence-electron chi connectivity index (χ0n) is 12.1. The van der Waals surface area contributed by atoms with Crippen molar-refractivity contribution in [3.63, 3.8) is 0 Å². The minimum atomic E-state index is -0.240. The van der Waals surface area contributed by atoms with Crippen LogP contribution in [-0.2, 0) is 6.42 Å². The maximum Gasteiger partial charge on any atom is 0.137 e. The Labute approximate surface area is 115 Å².